The second kappa shape index (κ2) is 8.21. The number of carboxylic acids is 1. The van der Waals surface area contributed by atoms with Crippen molar-refractivity contribution in [1.82, 2.24) is 15.1 Å². The maximum Gasteiger partial charge on any atom is 0.318 e. The number of hydrogen-bond acceptors (Lipinski definition) is 3. The number of aliphatic carboxylic acids is 1. The average molecular weight is 381 g/mol. The minimum atomic E-state index is -0.856. The molecule has 27 heavy (non-hydrogen) atoms. The molecule has 0 aliphatic heterocycles. The van der Waals surface area contributed by atoms with Crippen molar-refractivity contribution in [2.24, 2.45) is 0 Å². The van der Waals surface area contributed by atoms with Gasteiger partial charge in [0, 0.05) is 29.8 Å². The van der Waals surface area contributed by atoms with E-state index in [2.05, 4.69) is 5.32 Å². The largest absolute Gasteiger partial charge is 0.480 e. The quantitative estimate of drug-likeness (QED) is 0.726. The molecule has 6 nitrogen and oxygen atoms in total. The predicted octanol–water partition coefficient (Wildman–Crippen LogP) is 2.58. The maximum absolute atomic E-state index is 13.9. The van der Waals surface area contributed by atoms with Gasteiger partial charge in [-0.05, 0) is 38.3 Å². The molecule has 0 unspecified atom stereocenters. The van der Waals surface area contributed by atoms with Crippen LogP contribution in [-0.2, 0) is 11.3 Å². The fraction of sp³-hybridized carbons (Fsp3) is 0.579. The minimum absolute atomic E-state index is 0.000123. The van der Waals surface area contributed by atoms with Crippen LogP contribution in [0.4, 0.5) is 13.6 Å². The normalized spacial score (nSPS) is 21.6. The first-order valence-corrected chi connectivity index (χ1v) is 9.34. The van der Waals surface area contributed by atoms with Crippen molar-refractivity contribution in [1.29, 1.82) is 0 Å². The summed E-state index contributed by atoms with van der Waals surface area (Å²) in [7, 11) is 0. The van der Waals surface area contributed by atoms with Crippen LogP contribution in [0.25, 0.3) is 0 Å². The van der Waals surface area contributed by atoms with Gasteiger partial charge in [0.1, 0.15) is 11.6 Å². The Balaban J connectivity index is 1.54. The minimum Gasteiger partial charge on any atom is -0.480 e. The molecule has 0 saturated heterocycles. The highest BCUT2D eigenvalue weighted by Gasteiger charge is 2.38. The van der Waals surface area contributed by atoms with E-state index in [1.54, 1.807) is 4.90 Å². The zero-order valence-electron chi connectivity index (χ0n) is 15.3. The average Bonchev–Trinajstić information content (AvgIpc) is 3.39. The Morgan fingerprint density at radius 1 is 1.22 bits per heavy atom. The van der Waals surface area contributed by atoms with Crippen LogP contribution in [-0.4, -0.2) is 58.1 Å². The third-order valence-corrected chi connectivity index (χ3v) is 5.31. The Hall–Kier alpha value is -2.22. The van der Waals surface area contributed by atoms with E-state index in [-0.39, 0.29) is 37.2 Å². The van der Waals surface area contributed by atoms with E-state index >= 15 is 0 Å². The maximum atomic E-state index is 13.9. The predicted molar refractivity (Wildman–Crippen MR) is 95.1 cm³/mol. The topological polar surface area (TPSA) is 72.9 Å². The van der Waals surface area contributed by atoms with Gasteiger partial charge in [0.2, 0.25) is 0 Å². The van der Waals surface area contributed by atoms with Gasteiger partial charge >= 0.3 is 12.0 Å². The van der Waals surface area contributed by atoms with E-state index in [9.17, 15) is 18.4 Å². The number of benzene rings is 1. The molecule has 1 aromatic rings. The Morgan fingerprint density at radius 2 is 1.93 bits per heavy atom. The Kier molecular flexibility index (Phi) is 5.94. The SMILES string of the molecule is CCN(CC(=O)O)C1CC(NC(=O)N(Cc2ccc(F)cc2F)C2CC2)C1. The summed E-state index contributed by atoms with van der Waals surface area (Å²) < 4.78 is 27.0. The summed E-state index contributed by atoms with van der Waals surface area (Å²) in [5, 5.41) is 11.9. The van der Waals surface area contributed by atoms with Crippen molar-refractivity contribution < 1.29 is 23.5 Å². The van der Waals surface area contributed by atoms with Gasteiger partial charge in [-0.15, -0.1) is 0 Å². The highest BCUT2D eigenvalue weighted by atomic mass is 19.1. The summed E-state index contributed by atoms with van der Waals surface area (Å²) in [4.78, 5) is 27.0. The molecule has 0 bridgehead atoms. The Morgan fingerprint density at radius 3 is 2.48 bits per heavy atom. The summed E-state index contributed by atoms with van der Waals surface area (Å²) in [5.41, 5.74) is 0.295. The van der Waals surface area contributed by atoms with E-state index in [0.717, 1.165) is 18.9 Å². The molecule has 2 aliphatic carbocycles. The number of halogens is 2. The monoisotopic (exact) mass is 381 g/mol. The van der Waals surface area contributed by atoms with Crippen molar-refractivity contribution in [3.63, 3.8) is 0 Å². The molecule has 0 atom stereocenters. The molecule has 0 spiro atoms. The zero-order chi connectivity index (χ0) is 19.6. The molecular formula is C19H25F2N3O3. The summed E-state index contributed by atoms with van der Waals surface area (Å²) >= 11 is 0. The zero-order valence-corrected chi connectivity index (χ0v) is 15.3. The third kappa shape index (κ3) is 4.94. The second-order valence-electron chi connectivity index (χ2n) is 7.32. The van der Waals surface area contributed by atoms with Gasteiger partial charge in [-0.2, -0.15) is 0 Å². The highest BCUT2D eigenvalue weighted by molar-refractivity contribution is 5.75. The Bertz CT molecular complexity index is 705. The highest BCUT2D eigenvalue weighted by Crippen LogP contribution is 2.30. The number of likely N-dealkylation sites (N-methyl/N-ethyl adjacent to an activating group) is 1. The number of hydrogen-bond donors (Lipinski definition) is 2. The molecule has 2 amide bonds. The smallest absolute Gasteiger partial charge is 0.318 e. The number of carboxylic acid groups (broad SMARTS) is 1. The van der Waals surface area contributed by atoms with E-state index in [4.69, 9.17) is 5.11 Å². The first kappa shape index (κ1) is 19.5. The van der Waals surface area contributed by atoms with Crippen LogP contribution in [0.15, 0.2) is 18.2 Å². The lowest BCUT2D eigenvalue weighted by molar-refractivity contribution is -0.139. The standard InChI is InChI=1S/C19H25F2N3O3/c1-2-23(11-18(25)26)16-8-14(9-16)22-19(27)24(15-5-6-15)10-12-3-4-13(20)7-17(12)21/h3-4,7,14-16H,2,5-6,8-11H2,1H3,(H,22,27)(H,25,26). The van der Waals surface area contributed by atoms with Crippen LogP contribution in [0.1, 0.15) is 38.2 Å². The fourth-order valence-corrected chi connectivity index (χ4v) is 3.52. The van der Waals surface area contributed by atoms with E-state index < -0.39 is 17.6 Å². The molecule has 8 heteroatoms. The van der Waals surface area contributed by atoms with Crippen LogP contribution < -0.4 is 5.32 Å². The number of nitrogens with one attached hydrogen (secondary N) is 1. The van der Waals surface area contributed by atoms with Crippen LogP contribution in [0.3, 0.4) is 0 Å². The number of carbonyl (C=O) groups is 2. The molecule has 0 heterocycles. The van der Waals surface area contributed by atoms with Gasteiger partial charge in [-0.3, -0.25) is 9.69 Å². The summed E-state index contributed by atoms with van der Waals surface area (Å²) in [6.07, 6.45) is 3.17. The van der Waals surface area contributed by atoms with E-state index in [1.165, 1.54) is 12.1 Å². The van der Waals surface area contributed by atoms with Crippen molar-refractivity contribution in [3.8, 4) is 0 Å². The Labute approximate surface area is 157 Å². The second-order valence-corrected chi connectivity index (χ2v) is 7.32. The van der Waals surface area contributed by atoms with Crippen LogP contribution >= 0.6 is 0 Å². The summed E-state index contributed by atoms with van der Waals surface area (Å²) in [5.74, 6) is -2.14. The number of amides is 2. The first-order valence-electron chi connectivity index (χ1n) is 9.34. The molecule has 3 rings (SSSR count). The number of rotatable bonds is 8. The molecular weight excluding hydrogens is 356 g/mol. The van der Waals surface area contributed by atoms with Crippen LogP contribution in [0.5, 0.6) is 0 Å². The van der Waals surface area contributed by atoms with Gasteiger partial charge in [-0.25, -0.2) is 13.6 Å². The van der Waals surface area contributed by atoms with Crippen molar-refractivity contribution in [2.75, 3.05) is 13.1 Å². The number of nitrogens with zero attached hydrogens (tertiary/aromatic N) is 2. The van der Waals surface area contributed by atoms with Gasteiger partial charge in [-0.1, -0.05) is 13.0 Å². The molecule has 0 radical (unpaired) electrons. The molecule has 2 saturated carbocycles. The lowest BCUT2D eigenvalue weighted by atomic mass is 9.85. The molecule has 148 valence electrons. The molecule has 2 fully saturated rings. The first-order chi connectivity index (χ1) is 12.9. The van der Waals surface area contributed by atoms with Gasteiger partial charge < -0.3 is 15.3 Å². The number of carbonyl (C=O) groups excluding carboxylic acids is 1. The van der Waals surface area contributed by atoms with Crippen molar-refractivity contribution >= 4 is 12.0 Å². The summed E-state index contributed by atoms with van der Waals surface area (Å²) in [6.45, 7) is 2.68. The van der Waals surface area contributed by atoms with Gasteiger partial charge in [0.05, 0.1) is 13.1 Å². The van der Waals surface area contributed by atoms with Crippen molar-refractivity contribution in [3.05, 3.63) is 35.4 Å². The van der Waals surface area contributed by atoms with E-state index in [0.29, 0.717) is 24.9 Å². The van der Waals surface area contributed by atoms with Gasteiger partial charge in [0.15, 0.2) is 0 Å². The molecule has 0 aromatic heterocycles. The lowest BCUT2D eigenvalue weighted by Crippen LogP contribution is -2.57. The van der Waals surface area contributed by atoms with Crippen LogP contribution in [0.2, 0.25) is 0 Å². The fourth-order valence-electron chi connectivity index (χ4n) is 3.52. The molecule has 2 N–H and O–H groups in total. The lowest BCUT2D eigenvalue weighted by Gasteiger charge is -2.42. The summed E-state index contributed by atoms with van der Waals surface area (Å²) in [6, 6.07) is 3.38. The van der Waals surface area contributed by atoms with Crippen LogP contribution in [0, 0.1) is 11.6 Å². The number of urea groups is 1. The third-order valence-electron chi connectivity index (χ3n) is 5.31. The molecule has 2 aliphatic rings. The van der Waals surface area contributed by atoms with E-state index in [1.807, 2.05) is 11.8 Å². The van der Waals surface area contributed by atoms with Gasteiger partial charge in [0.25, 0.3) is 0 Å². The molecule has 1 aromatic carbocycles. The van der Waals surface area contributed by atoms with Crippen molar-refractivity contribution in [2.45, 2.75) is 57.3 Å².